The van der Waals surface area contributed by atoms with Crippen LogP contribution in [0, 0.1) is 0 Å². The minimum Gasteiger partial charge on any atom is -0.339 e. The van der Waals surface area contributed by atoms with Gasteiger partial charge >= 0.3 is 0 Å². The topological polar surface area (TPSA) is 58.4 Å². The first-order chi connectivity index (χ1) is 14.6. The van der Waals surface area contributed by atoms with Crippen molar-refractivity contribution in [2.45, 2.75) is 63.6 Å². The zero-order valence-electron chi connectivity index (χ0n) is 18.1. The molecule has 0 N–H and O–H groups in total. The summed E-state index contributed by atoms with van der Waals surface area (Å²) in [5.41, 5.74) is 1.35. The van der Waals surface area contributed by atoms with E-state index in [2.05, 4.69) is 18.9 Å². The fraction of sp³-hybridized carbons (Fsp3) is 0.682. The van der Waals surface area contributed by atoms with Crippen LogP contribution in [0.15, 0.2) is 9.95 Å². The van der Waals surface area contributed by atoms with Crippen molar-refractivity contribution < 1.29 is 4.79 Å². The Morgan fingerprint density at radius 1 is 1.13 bits per heavy atom. The van der Waals surface area contributed by atoms with Gasteiger partial charge in [0.25, 0.3) is 5.56 Å². The summed E-state index contributed by atoms with van der Waals surface area (Å²) in [4.78, 5) is 37.5. The van der Waals surface area contributed by atoms with Crippen LogP contribution in [-0.4, -0.2) is 64.2 Å². The van der Waals surface area contributed by atoms with Gasteiger partial charge in [-0.05, 0) is 44.7 Å². The van der Waals surface area contributed by atoms with Gasteiger partial charge in [-0.25, -0.2) is 4.98 Å². The van der Waals surface area contributed by atoms with Crippen LogP contribution in [0.4, 0.5) is 0 Å². The van der Waals surface area contributed by atoms with E-state index in [4.69, 9.17) is 4.98 Å². The summed E-state index contributed by atoms with van der Waals surface area (Å²) < 4.78 is 1.85. The van der Waals surface area contributed by atoms with Crippen molar-refractivity contribution in [3.63, 3.8) is 0 Å². The smallest absolute Gasteiger partial charge is 0.263 e. The summed E-state index contributed by atoms with van der Waals surface area (Å²) in [5, 5.41) is 1.56. The number of unbranched alkanes of at least 4 members (excludes halogenated alkanes) is 2. The Hall–Kier alpha value is -1.38. The van der Waals surface area contributed by atoms with Crippen molar-refractivity contribution in [3.8, 4) is 0 Å². The first-order valence-electron chi connectivity index (χ1n) is 11.2. The molecule has 0 radical (unpaired) electrons. The van der Waals surface area contributed by atoms with Crippen LogP contribution < -0.4 is 5.56 Å². The number of likely N-dealkylation sites (N-methyl/N-ethyl adjacent to an activating group) is 1. The van der Waals surface area contributed by atoms with E-state index in [0.29, 0.717) is 17.5 Å². The fourth-order valence-corrected chi connectivity index (χ4v) is 6.55. The monoisotopic (exact) mass is 448 g/mol. The maximum absolute atomic E-state index is 13.5. The van der Waals surface area contributed by atoms with Gasteiger partial charge in [-0.3, -0.25) is 14.2 Å². The molecule has 1 fully saturated rings. The van der Waals surface area contributed by atoms with Gasteiger partial charge in [0.2, 0.25) is 5.91 Å². The fourth-order valence-electron chi connectivity index (χ4n) is 4.32. The van der Waals surface area contributed by atoms with E-state index in [0.717, 1.165) is 74.9 Å². The Kier molecular flexibility index (Phi) is 7.16. The minimum atomic E-state index is 0.102. The maximum Gasteiger partial charge on any atom is 0.263 e. The lowest BCUT2D eigenvalue weighted by Gasteiger charge is -2.32. The molecule has 1 aliphatic heterocycles. The largest absolute Gasteiger partial charge is 0.339 e. The average Bonchev–Trinajstić information content (AvgIpc) is 3.13. The van der Waals surface area contributed by atoms with Gasteiger partial charge in [-0.1, -0.05) is 31.5 Å². The lowest BCUT2D eigenvalue weighted by molar-refractivity contribution is -0.129. The predicted molar refractivity (Wildman–Crippen MR) is 125 cm³/mol. The Morgan fingerprint density at radius 2 is 1.90 bits per heavy atom. The standard InChI is InChI=1S/C22H32N4O2S2/c1-3-4-7-10-26-21(28)19-16-8-5-6-9-17(16)30-20(19)23-22(26)29-15-18(27)25-13-11-24(2)12-14-25/h3-15H2,1-2H3. The molecule has 0 aromatic carbocycles. The van der Waals surface area contributed by atoms with Crippen LogP contribution in [0.25, 0.3) is 10.2 Å². The number of carbonyl (C=O) groups is 1. The van der Waals surface area contributed by atoms with Crippen molar-refractivity contribution in [2.24, 2.45) is 0 Å². The molecule has 4 rings (SSSR count). The number of piperazine rings is 1. The Labute approximate surface area is 186 Å². The van der Waals surface area contributed by atoms with E-state index >= 15 is 0 Å². The number of aryl methyl sites for hydroxylation is 2. The quantitative estimate of drug-likeness (QED) is 0.369. The molecule has 30 heavy (non-hydrogen) atoms. The molecular formula is C22H32N4O2S2. The molecule has 2 aromatic rings. The van der Waals surface area contributed by atoms with Gasteiger partial charge in [0.15, 0.2) is 5.16 Å². The lowest BCUT2D eigenvalue weighted by Crippen LogP contribution is -2.47. The van der Waals surface area contributed by atoms with E-state index in [9.17, 15) is 9.59 Å². The highest BCUT2D eigenvalue weighted by atomic mass is 32.2. The number of thiophene rings is 1. The number of thioether (sulfide) groups is 1. The predicted octanol–water partition coefficient (Wildman–Crippen LogP) is 3.39. The second kappa shape index (κ2) is 9.83. The number of aromatic nitrogens is 2. The normalized spacial score (nSPS) is 17.5. The number of nitrogens with zero attached hydrogens (tertiary/aromatic N) is 4. The molecular weight excluding hydrogens is 416 g/mol. The summed E-state index contributed by atoms with van der Waals surface area (Å²) in [5.74, 6) is 0.494. The number of rotatable bonds is 7. The van der Waals surface area contributed by atoms with Crippen LogP contribution >= 0.6 is 23.1 Å². The van der Waals surface area contributed by atoms with Gasteiger partial charge < -0.3 is 9.80 Å². The van der Waals surface area contributed by atoms with Crippen LogP contribution in [0.5, 0.6) is 0 Å². The summed E-state index contributed by atoms with van der Waals surface area (Å²) in [6.45, 7) is 6.26. The molecule has 0 unspecified atom stereocenters. The number of carbonyl (C=O) groups excluding carboxylic acids is 1. The van der Waals surface area contributed by atoms with Crippen molar-refractivity contribution in [1.29, 1.82) is 0 Å². The number of hydrogen-bond acceptors (Lipinski definition) is 6. The van der Waals surface area contributed by atoms with Gasteiger partial charge in [0.1, 0.15) is 4.83 Å². The average molecular weight is 449 g/mol. The van der Waals surface area contributed by atoms with Crippen molar-refractivity contribution >= 4 is 39.2 Å². The Bertz CT molecular complexity index is 960. The molecule has 8 heteroatoms. The van der Waals surface area contributed by atoms with Gasteiger partial charge in [-0.15, -0.1) is 11.3 Å². The molecule has 2 aromatic heterocycles. The van der Waals surface area contributed by atoms with Crippen LogP contribution in [0.2, 0.25) is 0 Å². The molecule has 6 nitrogen and oxygen atoms in total. The Morgan fingerprint density at radius 3 is 2.67 bits per heavy atom. The molecule has 1 saturated heterocycles. The summed E-state index contributed by atoms with van der Waals surface area (Å²) in [7, 11) is 2.09. The first-order valence-corrected chi connectivity index (χ1v) is 13.0. The first kappa shape index (κ1) is 21.8. The lowest BCUT2D eigenvalue weighted by atomic mass is 9.97. The third-order valence-corrected chi connectivity index (χ3v) is 8.35. The summed E-state index contributed by atoms with van der Waals surface area (Å²) in [6.07, 6.45) is 7.59. The van der Waals surface area contributed by atoms with E-state index in [1.165, 1.54) is 28.6 Å². The van der Waals surface area contributed by atoms with Crippen LogP contribution in [0.3, 0.4) is 0 Å². The number of fused-ring (bicyclic) bond motifs is 3. The van der Waals surface area contributed by atoms with Gasteiger partial charge in [0, 0.05) is 37.6 Å². The molecule has 0 saturated carbocycles. The summed E-state index contributed by atoms with van der Waals surface area (Å²) >= 11 is 3.13. The second-order valence-corrected chi connectivity index (χ2v) is 10.4. The van der Waals surface area contributed by atoms with E-state index < -0.39 is 0 Å². The molecule has 3 heterocycles. The molecule has 0 bridgehead atoms. The maximum atomic E-state index is 13.5. The molecule has 0 atom stereocenters. The van der Waals surface area contributed by atoms with Crippen LogP contribution in [-0.2, 0) is 24.2 Å². The van der Waals surface area contributed by atoms with E-state index in [1.807, 2.05) is 9.47 Å². The highest BCUT2D eigenvalue weighted by molar-refractivity contribution is 7.99. The highest BCUT2D eigenvalue weighted by Crippen LogP contribution is 2.34. The second-order valence-electron chi connectivity index (χ2n) is 8.42. The van der Waals surface area contributed by atoms with Crippen molar-refractivity contribution in [1.82, 2.24) is 19.4 Å². The SMILES string of the molecule is CCCCCn1c(SCC(=O)N2CCN(C)CC2)nc2sc3c(c2c1=O)CCCC3. The summed E-state index contributed by atoms with van der Waals surface area (Å²) in [6, 6.07) is 0. The highest BCUT2D eigenvalue weighted by Gasteiger charge is 2.24. The molecule has 2 aliphatic rings. The molecule has 1 aliphatic carbocycles. The van der Waals surface area contributed by atoms with Crippen LogP contribution in [0.1, 0.15) is 49.5 Å². The minimum absolute atomic E-state index is 0.102. The van der Waals surface area contributed by atoms with Crippen molar-refractivity contribution in [3.05, 3.63) is 20.8 Å². The molecule has 164 valence electrons. The zero-order chi connectivity index (χ0) is 21.1. The van der Waals surface area contributed by atoms with Gasteiger partial charge in [-0.2, -0.15) is 0 Å². The number of hydrogen-bond donors (Lipinski definition) is 0. The number of amides is 1. The van der Waals surface area contributed by atoms with E-state index in [-0.39, 0.29) is 11.5 Å². The van der Waals surface area contributed by atoms with Gasteiger partial charge in [0.05, 0.1) is 11.1 Å². The molecule has 0 spiro atoms. The third kappa shape index (κ3) is 4.60. The van der Waals surface area contributed by atoms with Crippen molar-refractivity contribution in [2.75, 3.05) is 39.0 Å². The zero-order valence-corrected chi connectivity index (χ0v) is 19.7. The van der Waals surface area contributed by atoms with E-state index in [1.54, 1.807) is 11.3 Å². The third-order valence-electron chi connectivity index (χ3n) is 6.21. The Balaban J connectivity index is 1.59. The molecule has 1 amide bonds.